The van der Waals surface area contributed by atoms with Gasteiger partial charge in [-0.1, -0.05) is 0 Å². The molecule has 2 aromatic rings. The molecule has 88 valence electrons. The van der Waals surface area contributed by atoms with Crippen molar-refractivity contribution in [3.05, 3.63) is 18.5 Å². The summed E-state index contributed by atoms with van der Waals surface area (Å²) in [5.74, 6) is 0.477. The molecular weight excluding hydrogens is 218 g/mol. The summed E-state index contributed by atoms with van der Waals surface area (Å²) < 4.78 is 7.10. The molecule has 2 aromatic heterocycles. The lowest BCUT2D eigenvalue weighted by Gasteiger charge is -2.11. The third-order valence-corrected chi connectivity index (χ3v) is 3.03. The topological polar surface area (TPSA) is 57.0 Å². The van der Waals surface area contributed by atoms with E-state index in [2.05, 4.69) is 17.0 Å². The first-order valence-corrected chi connectivity index (χ1v) is 5.61. The molecule has 0 bridgehead atoms. The summed E-state index contributed by atoms with van der Waals surface area (Å²) >= 11 is 0. The number of fused-ring (bicyclic) bond motifs is 1. The summed E-state index contributed by atoms with van der Waals surface area (Å²) in [5, 5.41) is 4.89. The third-order valence-electron chi connectivity index (χ3n) is 3.03. The van der Waals surface area contributed by atoms with Gasteiger partial charge in [0, 0.05) is 18.4 Å². The molecule has 0 spiro atoms. The number of ether oxygens (including phenoxy) is 1. The first kappa shape index (κ1) is 10.3. The molecule has 1 fully saturated rings. The van der Waals surface area contributed by atoms with E-state index in [9.17, 15) is 4.79 Å². The van der Waals surface area contributed by atoms with Gasteiger partial charge in [0.15, 0.2) is 0 Å². The molecule has 1 saturated carbocycles. The Hall–Kier alpha value is -1.91. The van der Waals surface area contributed by atoms with Crippen LogP contribution in [0.25, 0.3) is 10.9 Å². The molecule has 0 aliphatic heterocycles. The molecule has 0 unspecified atom stereocenters. The molecule has 0 amide bonds. The highest BCUT2D eigenvalue weighted by molar-refractivity contribution is 5.89. The van der Waals surface area contributed by atoms with Gasteiger partial charge in [0.1, 0.15) is 5.60 Å². The SMILES string of the molecule is CC(=O)n1ncc2cc(OC3(C)CC3)ncc21. The molecule has 2 heterocycles. The van der Waals surface area contributed by atoms with E-state index in [0.29, 0.717) is 11.4 Å². The lowest BCUT2D eigenvalue weighted by atomic mass is 10.3. The van der Waals surface area contributed by atoms with Gasteiger partial charge in [0.05, 0.1) is 17.9 Å². The highest BCUT2D eigenvalue weighted by atomic mass is 16.5. The van der Waals surface area contributed by atoms with Gasteiger partial charge in [-0.3, -0.25) is 4.79 Å². The van der Waals surface area contributed by atoms with Crippen molar-refractivity contribution >= 4 is 16.8 Å². The number of pyridine rings is 1. The molecule has 0 radical (unpaired) electrons. The van der Waals surface area contributed by atoms with Gasteiger partial charge < -0.3 is 4.74 Å². The van der Waals surface area contributed by atoms with Crippen molar-refractivity contribution < 1.29 is 9.53 Å². The van der Waals surface area contributed by atoms with Gasteiger partial charge >= 0.3 is 0 Å². The maximum Gasteiger partial charge on any atom is 0.244 e. The zero-order valence-electron chi connectivity index (χ0n) is 9.80. The van der Waals surface area contributed by atoms with E-state index in [-0.39, 0.29) is 11.5 Å². The van der Waals surface area contributed by atoms with Gasteiger partial charge in [-0.05, 0) is 19.8 Å². The van der Waals surface area contributed by atoms with Gasteiger partial charge in [-0.25, -0.2) is 4.98 Å². The van der Waals surface area contributed by atoms with Crippen molar-refractivity contribution in [2.24, 2.45) is 0 Å². The maximum absolute atomic E-state index is 11.3. The molecular formula is C12H13N3O2. The summed E-state index contributed by atoms with van der Waals surface area (Å²) in [4.78, 5) is 15.5. The number of hydrogen-bond donors (Lipinski definition) is 0. The minimum Gasteiger partial charge on any atom is -0.471 e. The van der Waals surface area contributed by atoms with Crippen molar-refractivity contribution in [1.82, 2.24) is 14.8 Å². The van der Waals surface area contributed by atoms with E-state index < -0.39 is 0 Å². The fourth-order valence-corrected chi connectivity index (χ4v) is 1.74. The zero-order chi connectivity index (χ0) is 12.0. The number of carbonyl (C=O) groups is 1. The van der Waals surface area contributed by atoms with Crippen molar-refractivity contribution in [3.63, 3.8) is 0 Å². The first-order valence-electron chi connectivity index (χ1n) is 5.61. The minimum absolute atomic E-state index is 0.0444. The van der Waals surface area contributed by atoms with Gasteiger partial charge in [-0.15, -0.1) is 0 Å². The zero-order valence-corrected chi connectivity index (χ0v) is 9.80. The second kappa shape index (κ2) is 3.29. The number of carbonyl (C=O) groups excluding carboxylic acids is 1. The van der Waals surface area contributed by atoms with Crippen LogP contribution in [0.15, 0.2) is 18.5 Å². The van der Waals surface area contributed by atoms with Crippen LogP contribution in [-0.2, 0) is 0 Å². The second-order valence-corrected chi connectivity index (χ2v) is 4.71. The number of hydrogen-bond acceptors (Lipinski definition) is 4. The highest BCUT2D eigenvalue weighted by Gasteiger charge is 2.40. The molecule has 5 nitrogen and oxygen atoms in total. The van der Waals surface area contributed by atoms with Crippen LogP contribution in [-0.4, -0.2) is 26.3 Å². The Kier molecular flexibility index (Phi) is 1.98. The normalized spacial score (nSPS) is 17.1. The second-order valence-electron chi connectivity index (χ2n) is 4.71. The molecule has 5 heteroatoms. The lowest BCUT2D eigenvalue weighted by molar-refractivity contribution is 0.0926. The standard InChI is InChI=1S/C12H13N3O2/c1-8(16)15-10-7-13-11(5-9(10)6-14-15)17-12(2)3-4-12/h5-7H,3-4H2,1-2H3. The Morgan fingerprint density at radius 2 is 2.24 bits per heavy atom. The average Bonchev–Trinajstić information content (AvgIpc) is 2.85. The first-order chi connectivity index (χ1) is 8.07. The van der Waals surface area contributed by atoms with Crippen molar-refractivity contribution in [3.8, 4) is 5.88 Å². The van der Waals surface area contributed by atoms with E-state index in [1.165, 1.54) is 11.6 Å². The summed E-state index contributed by atoms with van der Waals surface area (Å²) in [7, 11) is 0. The van der Waals surface area contributed by atoms with Gasteiger partial charge in [-0.2, -0.15) is 9.78 Å². The quantitative estimate of drug-likeness (QED) is 0.793. The Morgan fingerprint density at radius 3 is 2.88 bits per heavy atom. The third kappa shape index (κ3) is 1.77. The van der Waals surface area contributed by atoms with E-state index in [1.54, 1.807) is 12.4 Å². The fourth-order valence-electron chi connectivity index (χ4n) is 1.74. The van der Waals surface area contributed by atoms with Crippen LogP contribution in [0.2, 0.25) is 0 Å². The molecule has 1 aliphatic rings. The fraction of sp³-hybridized carbons (Fsp3) is 0.417. The van der Waals surface area contributed by atoms with E-state index in [0.717, 1.165) is 18.2 Å². The van der Waals surface area contributed by atoms with Crippen LogP contribution >= 0.6 is 0 Å². The molecule has 0 N–H and O–H groups in total. The van der Waals surface area contributed by atoms with Crippen molar-refractivity contribution in [2.75, 3.05) is 0 Å². The monoisotopic (exact) mass is 231 g/mol. The van der Waals surface area contributed by atoms with Gasteiger partial charge in [0.2, 0.25) is 11.8 Å². The van der Waals surface area contributed by atoms with E-state index in [4.69, 9.17) is 4.74 Å². The number of nitrogens with zero attached hydrogens (tertiary/aromatic N) is 3. The van der Waals surface area contributed by atoms with Gasteiger partial charge in [0.25, 0.3) is 0 Å². The number of aromatic nitrogens is 3. The largest absolute Gasteiger partial charge is 0.471 e. The van der Waals surface area contributed by atoms with Crippen molar-refractivity contribution in [1.29, 1.82) is 0 Å². The summed E-state index contributed by atoms with van der Waals surface area (Å²) in [6.07, 6.45) is 5.42. The van der Waals surface area contributed by atoms with Crippen LogP contribution in [0, 0.1) is 0 Å². The lowest BCUT2D eigenvalue weighted by Crippen LogP contribution is -2.13. The average molecular weight is 231 g/mol. The predicted molar refractivity (Wildman–Crippen MR) is 62.1 cm³/mol. The summed E-state index contributed by atoms with van der Waals surface area (Å²) in [5.41, 5.74) is 0.669. The number of rotatable bonds is 2. The van der Waals surface area contributed by atoms with E-state index >= 15 is 0 Å². The van der Waals surface area contributed by atoms with E-state index in [1.807, 2.05) is 6.07 Å². The van der Waals surface area contributed by atoms with Crippen molar-refractivity contribution in [2.45, 2.75) is 32.3 Å². The van der Waals surface area contributed by atoms with Crippen LogP contribution in [0.5, 0.6) is 5.88 Å². The smallest absolute Gasteiger partial charge is 0.244 e. The maximum atomic E-state index is 11.3. The van der Waals surface area contributed by atoms with Crippen LogP contribution < -0.4 is 4.74 Å². The Bertz CT molecular complexity index is 599. The summed E-state index contributed by atoms with van der Waals surface area (Å²) in [6.45, 7) is 3.54. The van der Waals surface area contributed by atoms with Crippen LogP contribution in [0.4, 0.5) is 0 Å². The summed E-state index contributed by atoms with van der Waals surface area (Å²) in [6, 6.07) is 1.82. The molecule has 0 saturated heterocycles. The highest BCUT2D eigenvalue weighted by Crippen LogP contribution is 2.39. The molecule has 3 rings (SSSR count). The Labute approximate surface area is 98.4 Å². The Morgan fingerprint density at radius 1 is 1.47 bits per heavy atom. The Balaban J connectivity index is 1.99. The molecule has 0 aromatic carbocycles. The molecule has 17 heavy (non-hydrogen) atoms. The van der Waals surface area contributed by atoms with Crippen LogP contribution in [0.1, 0.15) is 31.5 Å². The molecule has 1 aliphatic carbocycles. The minimum atomic E-state index is -0.121. The molecule has 0 atom stereocenters. The van der Waals surface area contributed by atoms with Crippen LogP contribution in [0.3, 0.4) is 0 Å². The predicted octanol–water partition coefficient (Wildman–Crippen LogP) is 2.02.